The van der Waals surface area contributed by atoms with Crippen LogP contribution in [0.5, 0.6) is 0 Å². The van der Waals surface area contributed by atoms with Gasteiger partial charge in [0.2, 0.25) is 0 Å². The molecule has 0 saturated carbocycles. The maximum atomic E-state index is 12.1. The Hall–Kier alpha value is -3.66. The van der Waals surface area contributed by atoms with Gasteiger partial charge in [-0.1, -0.05) is 6.07 Å². The molecule has 0 unspecified atom stereocenters. The molecule has 1 aromatic carbocycles. The van der Waals surface area contributed by atoms with Crippen LogP contribution in [-0.4, -0.2) is 22.0 Å². The van der Waals surface area contributed by atoms with E-state index in [-0.39, 0.29) is 11.1 Å². The van der Waals surface area contributed by atoms with Gasteiger partial charge in [0.1, 0.15) is 11.6 Å². The highest BCUT2D eigenvalue weighted by atomic mass is 16.4. The summed E-state index contributed by atoms with van der Waals surface area (Å²) >= 11 is 0. The number of amides is 1. The highest BCUT2D eigenvalue weighted by Gasteiger charge is 2.10. The molecule has 0 fully saturated rings. The average Bonchev–Trinajstić information content (AvgIpc) is 2.59. The Labute approximate surface area is 138 Å². The monoisotopic (exact) mass is 322 g/mol. The van der Waals surface area contributed by atoms with Crippen molar-refractivity contribution in [3.63, 3.8) is 0 Å². The molecule has 1 amide bonds. The van der Waals surface area contributed by atoms with E-state index < -0.39 is 11.9 Å². The zero-order valence-corrected chi connectivity index (χ0v) is 12.6. The Morgan fingerprint density at radius 1 is 1.25 bits per heavy atom. The van der Waals surface area contributed by atoms with Crippen LogP contribution in [0.15, 0.2) is 60.6 Å². The number of nitriles is 1. The number of carboxylic acid groups (broad SMARTS) is 1. The van der Waals surface area contributed by atoms with E-state index in [0.717, 1.165) is 5.56 Å². The highest BCUT2D eigenvalue weighted by molar-refractivity contribution is 6.06. The quantitative estimate of drug-likeness (QED) is 0.553. The molecule has 0 atom stereocenters. The summed E-state index contributed by atoms with van der Waals surface area (Å²) < 4.78 is 0. The van der Waals surface area contributed by atoms with Gasteiger partial charge in [0.25, 0.3) is 5.91 Å². The van der Waals surface area contributed by atoms with E-state index in [9.17, 15) is 9.59 Å². The van der Waals surface area contributed by atoms with Crippen LogP contribution >= 0.6 is 0 Å². The van der Waals surface area contributed by atoms with Gasteiger partial charge in [-0.2, -0.15) is 5.26 Å². The summed E-state index contributed by atoms with van der Waals surface area (Å²) in [7, 11) is 0. The molecule has 0 aliphatic heterocycles. The minimum Gasteiger partial charge on any atom is -0.478 e. The van der Waals surface area contributed by atoms with E-state index in [0.29, 0.717) is 12.2 Å². The van der Waals surface area contributed by atoms with Crippen molar-refractivity contribution >= 4 is 17.6 Å². The fraction of sp³-hybridized carbons (Fsp3) is 0.0588. The van der Waals surface area contributed by atoms with E-state index in [4.69, 9.17) is 10.4 Å². The lowest BCUT2D eigenvalue weighted by Gasteiger charge is -2.06. The first-order valence-electron chi connectivity index (χ1n) is 6.97. The Balaban J connectivity index is 2.01. The number of carbonyl (C=O) groups excluding carboxylic acids is 1. The first kappa shape index (κ1) is 16.7. The molecule has 0 aliphatic rings. The summed E-state index contributed by atoms with van der Waals surface area (Å²) in [6.07, 6.45) is 4.61. The molecule has 0 bridgehead atoms. The number of hydrogen-bond acceptors (Lipinski definition) is 5. The van der Waals surface area contributed by atoms with Crippen molar-refractivity contribution in [2.24, 2.45) is 0 Å². The molecule has 2 aromatic rings. The number of aromatic carboxylic acids is 1. The lowest BCUT2D eigenvalue weighted by Crippen LogP contribution is -2.17. The number of anilines is 1. The summed E-state index contributed by atoms with van der Waals surface area (Å²) in [5, 5.41) is 23.4. The SMILES string of the molecule is N#C/C(=C/NCc1ccncc1)C(=O)Nc1cccc(C(=O)O)c1. The van der Waals surface area contributed by atoms with E-state index in [2.05, 4.69) is 15.6 Å². The largest absolute Gasteiger partial charge is 0.478 e. The lowest BCUT2D eigenvalue weighted by atomic mass is 10.2. The Bertz CT molecular complexity index is 810. The fourth-order valence-electron chi connectivity index (χ4n) is 1.85. The Morgan fingerprint density at radius 2 is 2.00 bits per heavy atom. The van der Waals surface area contributed by atoms with Crippen LogP contribution in [0.1, 0.15) is 15.9 Å². The minimum absolute atomic E-state index is 0.0473. The molecular formula is C17H14N4O3. The van der Waals surface area contributed by atoms with Gasteiger partial charge in [0, 0.05) is 30.8 Å². The van der Waals surface area contributed by atoms with E-state index in [1.54, 1.807) is 24.5 Å². The molecule has 1 heterocycles. The predicted octanol–water partition coefficient (Wildman–Crippen LogP) is 1.92. The third-order valence-corrected chi connectivity index (χ3v) is 3.03. The third-order valence-electron chi connectivity index (χ3n) is 3.03. The van der Waals surface area contributed by atoms with Crippen LogP contribution < -0.4 is 10.6 Å². The predicted molar refractivity (Wildman–Crippen MR) is 86.8 cm³/mol. The standard InChI is InChI=1S/C17H14N4O3/c18-9-14(11-20-10-12-4-6-19-7-5-12)16(22)21-15-3-1-2-13(8-15)17(23)24/h1-8,11,20H,10H2,(H,21,22)(H,23,24)/b14-11-. The van der Waals surface area contributed by atoms with Crippen LogP contribution in [0.2, 0.25) is 0 Å². The lowest BCUT2D eigenvalue weighted by molar-refractivity contribution is -0.112. The minimum atomic E-state index is -1.10. The van der Waals surface area contributed by atoms with E-state index in [1.165, 1.54) is 24.4 Å². The van der Waals surface area contributed by atoms with Gasteiger partial charge in [-0.05, 0) is 35.9 Å². The van der Waals surface area contributed by atoms with Gasteiger partial charge in [-0.15, -0.1) is 0 Å². The number of rotatable bonds is 6. The number of nitrogens with one attached hydrogen (secondary N) is 2. The zero-order valence-electron chi connectivity index (χ0n) is 12.6. The number of carboxylic acids is 1. The highest BCUT2D eigenvalue weighted by Crippen LogP contribution is 2.11. The summed E-state index contributed by atoms with van der Waals surface area (Å²) in [5.41, 5.74) is 1.18. The van der Waals surface area contributed by atoms with Crippen molar-refractivity contribution in [1.29, 1.82) is 5.26 Å². The summed E-state index contributed by atoms with van der Waals surface area (Å²) in [4.78, 5) is 26.9. The molecule has 0 saturated heterocycles. The van der Waals surface area contributed by atoms with Crippen LogP contribution in [0.3, 0.4) is 0 Å². The molecule has 120 valence electrons. The van der Waals surface area contributed by atoms with E-state index in [1.807, 2.05) is 12.1 Å². The van der Waals surface area contributed by atoms with Gasteiger partial charge < -0.3 is 15.7 Å². The van der Waals surface area contributed by atoms with Gasteiger partial charge in [-0.25, -0.2) is 4.79 Å². The summed E-state index contributed by atoms with van der Waals surface area (Å²) in [6, 6.07) is 11.2. The number of benzene rings is 1. The van der Waals surface area contributed by atoms with Crippen molar-refractivity contribution < 1.29 is 14.7 Å². The van der Waals surface area contributed by atoms with Crippen LogP contribution in [0.25, 0.3) is 0 Å². The number of pyridine rings is 1. The molecule has 0 radical (unpaired) electrons. The maximum absolute atomic E-state index is 12.1. The van der Waals surface area contributed by atoms with Crippen LogP contribution in [0, 0.1) is 11.3 Å². The molecule has 0 aliphatic carbocycles. The number of carbonyl (C=O) groups is 2. The molecule has 3 N–H and O–H groups in total. The molecular weight excluding hydrogens is 308 g/mol. The second kappa shape index (κ2) is 8.10. The zero-order chi connectivity index (χ0) is 17.4. The molecule has 24 heavy (non-hydrogen) atoms. The second-order valence-corrected chi connectivity index (χ2v) is 4.75. The first-order valence-corrected chi connectivity index (χ1v) is 6.97. The first-order chi connectivity index (χ1) is 11.6. The van der Waals surface area contributed by atoms with Crippen molar-refractivity contribution in [1.82, 2.24) is 10.3 Å². The van der Waals surface area contributed by atoms with Gasteiger partial charge >= 0.3 is 5.97 Å². The van der Waals surface area contributed by atoms with Crippen LogP contribution in [-0.2, 0) is 11.3 Å². The molecule has 7 nitrogen and oxygen atoms in total. The number of hydrogen-bond donors (Lipinski definition) is 3. The molecule has 7 heteroatoms. The van der Waals surface area contributed by atoms with Crippen molar-refractivity contribution in [2.75, 3.05) is 5.32 Å². The summed E-state index contributed by atoms with van der Waals surface area (Å²) in [5.74, 6) is -1.72. The molecule has 2 rings (SSSR count). The van der Waals surface area contributed by atoms with Gasteiger partial charge in [-0.3, -0.25) is 9.78 Å². The van der Waals surface area contributed by atoms with Crippen molar-refractivity contribution in [3.8, 4) is 6.07 Å². The fourth-order valence-corrected chi connectivity index (χ4v) is 1.85. The summed E-state index contributed by atoms with van der Waals surface area (Å²) in [6.45, 7) is 0.440. The number of nitrogens with zero attached hydrogens (tertiary/aromatic N) is 2. The topological polar surface area (TPSA) is 115 Å². The van der Waals surface area contributed by atoms with Crippen molar-refractivity contribution in [2.45, 2.75) is 6.54 Å². The van der Waals surface area contributed by atoms with Crippen LogP contribution in [0.4, 0.5) is 5.69 Å². The second-order valence-electron chi connectivity index (χ2n) is 4.75. The smallest absolute Gasteiger partial charge is 0.335 e. The average molecular weight is 322 g/mol. The molecule has 1 aromatic heterocycles. The molecule has 0 spiro atoms. The maximum Gasteiger partial charge on any atom is 0.335 e. The van der Waals surface area contributed by atoms with Gasteiger partial charge in [0.15, 0.2) is 0 Å². The number of aromatic nitrogens is 1. The third kappa shape index (κ3) is 4.68. The van der Waals surface area contributed by atoms with E-state index >= 15 is 0 Å². The van der Waals surface area contributed by atoms with Gasteiger partial charge in [0.05, 0.1) is 5.56 Å². The normalized spacial score (nSPS) is 10.5. The Morgan fingerprint density at radius 3 is 2.67 bits per heavy atom. The van der Waals surface area contributed by atoms with Crippen molar-refractivity contribution in [3.05, 3.63) is 71.7 Å². The Kier molecular flexibility index (Phi) is 5.64.